The molecule has 2 aliphatic heterocycles. The molecule has 0 atom stereocenters. The number of hydrogen-bond acceptors (Lipinski definition) is 6. The Morgan fingerprint density at radius 2 is 2.06 bits per heavy atom. The van der Waals surface area contributed by atoms with Crippen LogP contribution in [0.25, 0.3) is 11.3 Å². The third kappa shape index (κ3) is 4.99. The van der Waals surface area contributed by atoms with Gasteiger partial charge in [0.15, 0.2) is 0 Å². The highest BCUT2D eigenvalue weighted by Gasteiger charge is 2.38. The summed E-state index contributed by atoms with van der Waals surface area (Å²) >= 11 is 12.8. The number of alkyl halides is 2. The van der Waals surface area contributed by atoms with E-state index >= 15 is 0 Å². The largest absolute Gasteiger partial charge is 0.491 e. The molecule has 0 bridgehead atoms. The molecule has 0 spiro atoms. The second-order valence-corrected chi connectivity index (χ2v) is 9.77. The molecule has 12 heteroatoms. The van der Waals surface area contributed by atoms with Gasteiger partial charge in [-0.15, -0.1) is 0 Å². The molecule has 182 valence electrons. The Labute approximate surface area is 205 Å². The van der Waals surface area contributed by atoms with E-state index in [1.54, 1.807) is 21.9 Å². The van der Waals surface area contributed by atoms with E-state index in [2.05, 4.69) is 15.3 Å². The summed E-state index contributed by atoms with van der Waals surface area (Å²) in [5.74, 6) is -2.25. The highest BCUT2D eigenvalue weighted by Crippen LogP contribution is 2.42. The van der Waals surface area contributed by atoms with Gasteiger partial charge in [0.05, 0.1) is 41.6 Å². The zero-order chi connectivity index (χ0) is 24.0. The molecule has 2 fully saturated rings. The van der Waals surface area contributed by atoms with Crippen molar-refractivity contribution in [3.8, 4) is 17.0 Å². The van der Waals surface area contributed by atoms with E-state index in [1.165, 1.54) is 0 Å². The number of nitrogens with zero attached hydrogens (tertiary/aromatic N) is 4. The van der Waals surface area contributed by atoms with Crippen molar-refractivity contribution in [3.05, 3.63) is 33.4 Å². The number of nitrogens with one attached hydrogen (secondary N) is 1. The van der Waals surface area contributed by atoms with E-state index in [9.17, 15) is 13.6 Å². The number of anilines is 1. The van der Waals surface area contributed by atoms with Crippen LogP contribution >= 0.6 is 23.2 Å². The minimum atomic E-state index is -2.67. The highest BCUT2D eigenvalue weighted by molar-refractivity contribution is 6.37. The number of nitrogen functional groups attached to an aromatic ring is 1. The Morgan fingerprint density at radius 1 is 1.26 bits per heavy atom. The molecule has 0 radical (unpaired) electrons. The van der Waals surface area contributed by atoms with Gasteiger partial charge in [0.25, 0.3) is 5.92 Å². The Bertz CT molecular complexity index is 1130. The quantitative estimate of drug-likeness (QED) is 0.608. The van der Waals surface area contributed by atoms with E-state index in [1.807, 2.05) is 0 Å². The van der Waals surface area contributed by atoms with E-state index in [4.69, 9.17) is 33.7 Å². The Morgan fingerprint density at radius 3 is 2.76 bits per heavy atom. The number of ether oxygens (including phenoxy) is 1. The number of likely N-dealkylation sites (tertiary alicyclic amines) is 1. The van der Waals surface area contributed by atoms with Crippen LogP contribution in [0, 0.1) is 0 Å². The van der Waals surface area contributed by atoms with Crippen molar-refractivity contribution in [1.29, 1.82) is 0 Å². The van der Waals surface area contributed by atoms with Crippen molar-refractivity contribution in [2.75, 3.05) is 32.0 Å². The lowest BCUT2D eigenvalue weighted by Crippen LogP contribution is -2.37. The van der Waals surface area contributed by atoms with Gasteiger partial charge in [0.2, 0.25) is 5.95 Å². The SMILES string of the molecule is Nc1nc2c(c(-c3c(Cl)cc(Cl)cc3OCCN3CCC(F)(F)C3)n1)CN(C(=O)NC1CC1)C2. The minimum absolute atomic E-state index is 0.0504. The standard InChI is InChI=1S/C22H24Cl2F2N6O2/c23-12-7-15(24)18(17(8-12)34-6-5-31-4-3-22(25,26)11-31)19-14-9-32(21(33)28-13-1-2-13)10-16(14)29-20(27)30-19/h7-8,13H,1-6,9-11H2,(H,28,33)(H2,27,29,30). The molecule has 0 unspecified atom stereocenters. The van der Waals surface area contributed by atoms with E-state index < -0.39 is 5.92 Å². The molecular weight excluding hydrogens is 489 g/mol. The van der Waals surface area contributed by atoms with Gasteiger partial charge in [-0.3, -0.25) is 4.90 Å². The highest BCUT2D eigenvalue weighted by atomic mass is 35.5. The zero-order valence-corrected chi connectivity index (χ0v) is 19.8. The molecule has 1 aromatic carbocycles. The Balaban J connectivity index is 1.40. The fourth-order valence-electron chi connectivity index (χ4n) is 4.29. The van der Waals surface area contributed by atoms with Crippen LogP contribution < -0.4 is 15.8 Å². The van der Waals surface area contributed by atoms with Gasteiger partial charge < -0.3 is 20.7 Å². The monoisotopic (exact) mass is 512 g/mol. The molecule has 2 aromatic rings. The number of fused-ring (bicyclic) bond motifs is 1. The van der Waals surface area contributed by atoms with Crippen molar-refractivity contribution in [2.45, 2.75) is 44.3 Å². The summed E-state index contributed by atoms with van der Waals surface area (Å²) in [4.78, 5) is 24.7. The predicted octanol–water partition coefficient (Wildman–Crippen LogP) is 3.94. The normalized spacial score (nSPS) is 19.4. The number of nitrogens with two attached hydrogens (primary N) is 1. The third-order valence-electron chi connectivity index (χ3n) is 6.16. The van der Waals surface area contributed by atoms with Crippen LogP contribution in [0.15, 0.2) is 12.1 Å². The molecule has 3 heterocycles. The maximum absolute atomic E-state index is 13.5. The van der Waals surface area contributed by atoms with Gasteiger partial charge >= 0.3 is 6.03 Å². The van der Waals surface area contributed by atoms with E-state index in [0.717, 1.165) is 18.4 Å². The number of benzene rings is 1. The molecule has 1 saturated carbocycles. The summed E-state index contributed by atoms with van der Waals surface area (Å²) in [7, 11) is 0. The molecule has 3 aliphatic rings. The minimum Gasteiger partial charge on any atom is -0.491 e. The number of aromatic nitrogens is 2. The van der Waals surface area contributed by atoms with Crippen LogP contribution in [-0.2, 0) is 13.1 Å². The second kappa shape index (κ2) is 8.98. The van der Waals surface area contributed by atoms with Crippen LogP contribution in [0.5, 0.6) is 5.75 Å². The molecule has 3 N–H and O–H groups in total. The number of carbonyl (C=O) groups excluding carboxylic acids is 1. The van der Waals surface area contributed by atoms with Crippen molar-refractivity contribution in [1.82, 2.24) is 25.1 Å². The first-order valence-electron chi connectivity index (χ1n) is 11.1. The van der Waals surface area contributed by atoms with Crippen molar-refractivity contribution in [2.24, 2.45) is 0 Å². The van der Waals surface area contributed by atoms with Crippen molar-refractivity contribution >= 4 is 35.2 Å². The molecule has 1 saturated heterocycles. The summed E-state index contributed by atoms with van der Waals surface area (Å²) in [5.41, 5.74) is 8.31. The summed E-state index contributed by atoms with van der Waals surface area (Å²) in [6, 6.07) is 3.25. The van der Waals surface area contributed by atoms with Gasteiger partial charge in [-0.05, 0) is 25.0 Å². The Kier molecular flexibility index (Phi) is 6.16. The molecule has 1 aliphatic carbocycles. The second-order valence-electron chi connectivity index (χ2n) is 8.93. The first-order chi connectivity index (χ1) is 16.2. The number of rotatable bonds is 6. The van der Waals surface area contributed by atoms with Gasteiger partial charge in [-0.2, -0.15) is 0 Å². The topological polar surface area (TPSA) is 96.6 Å². The average Bonchev–Trinajstić information content (AvgIpc) is 3.34. The van der Waals surface area contributed by atoms with Gasteiger partial charge in [-0.25, -0.2) is 23.5 Å². The first kappa shape index (κ1) is 23.3. The van der Waals surface area contributed by atoms with Crippen molar-refractivity contribution < 1.29 is 18.3 Å². The molecule has 34 heavy (non-hydrogen) atoms. The lowest BCUT2D eigenvalue weighted by molar-refractivity contribution is 0.0113. The first-order valence-corrected chi connectivity index (χ1v) is 11.9. The Hall–Kier alpha value is -2.43. The summed E-state index contributed by atoms with van der Waals surface area (Å²) in [5, 5.41) is 3.64. The zero-order valence-electron chi connectivity index (χ0n) is 18.3. The smallest absolute Gasteiger partial charge is 0.318 e. The maximum atomic E-state index is 13.5. The maximum Gasteiger partial charge on any atom is 0.318 e. The fraction of sp³-hybridized carbons (Fsp3) is 0.500. The lowest BCUT2D eigenvalue weighted by Gasteiger charge is -2.19. The molecule has 8 nitrogen and oxygen atoms in total. The number of urea groups is 1. The molecular formula is C22H24Cl2F2N6O2. The molecule has 1 aromatic heterocycles. The lowest BCUT2D eigenvalue weighted by atomic mass is 10.0. The van der Waals surface area contributed by atoms with Crippen LogP contribution in [0.4, 0.5) is 19.5 Å². The van der Waals surface area contributed by atoms with Crippen LogP contribution in [0.2, 0.25) is 10.0 Å². The average molecular weight is 513 g/mol. The van der Waals surface area contributed by atoms with Crippen LogP contribution in [0.1, 0.15) is 30.5 Å². The number of halogens is 4. The van der Waals surface area contributed by atoms with Crippen LogP contribution in [0.3, 0.4) is 0 Å². The molecule has 5 rings (SSSR count). The van der Waals surface area contributed by atoms with E-state index in [0.29, 0.717) is 58.9 Å². The fourth-order valence-corrected chi connectivity index (χ4v) is 4.86. The summed E-state index contributed by atoms with van der Waals surface area (Å²) in [6.45, 7) is 1.13. The molecule has 2 amide bonds. The summed E-state index contributed by atoms with van der Waals surface area (Å²) < 4.78 is 32.9. The third-order valence-corrected chi connectivity index (χ3v) is 6.68. The van der Waals surface area contributed by atoms with Gasteiger partial charge in [0, 0.05) is 36.1 Å². The number of hydrogen-bond donors (Lipinski definition) is 2. The van der Waals surface area contributed by atoms with Crippen LogP contribution in [-0.4, -0.2) is 64.0 Å². The van der Waals surface area contributed by atoms with Crippen molar-refractivity contribution in [3.63, 3.8) is 0 Å². The van der Waals surface area contributed by atoms with E-state index in [-0.39, 0.29) is 37.6 Å². The summed E-state index contributed by atoms with van der Waals surface area (Å²) in [6.07, 6.45) is 1.82. The van der Waals surface area contributed by atoms with Gasteiger partial charge in [0.1, 0.15) is 12.4 Å². The predicted molar refractivity (Wildman–Crippen MR) is 124 cm³/mol. The number of amides is 2. The van der Waals surface area contributed by atoms with Gasteiger partial charge in [-0.1, -0.05) is 23.2 Å². The number of carbonyl (C=O) groups is 1.